The van der Waals surface area contributed by atoms with Crippen LogP contribution in [0.2, 0.25) is 5.02 Å². The number of furan rings is 1. The fourth-order valence-electron chi connectivity index (χ4n) is 2.08. The van der Waals surface area contributed by atoms with Crippen LogP contribution in [0.4, 0.5) is 4.39 Å². The number of fused-ring (bicyclic) bond motifs is 1. The quantitative estimate of drug-likeness (QED) is 0.529. The number of hydrogen-bond donors (Lipinski definition) is 0. The Balaban J connectivity index is 1.71. The lowest BCUT2D eigenvalue weighted by molar-refractivity contribution is 0.0445. The fourth-order valence-corrected chi connectivity index (χ4v) is 2.26. The third-order valence-electron chi connectivity index (χ3n) is 3.19. The molecule has 4 nitrogen and oxygen atoms in total. The number of carbonyl (C=O) groups is 2. The zero-order valence-corrected chi connectivity index (χ0v) is 12.5. The molecular weight excluding hydrogens is 323 g/mol. The average molecular weight is 333 g/mol. The predicted molar refractivity (Wildman–Crippen MR) is 82.2 cm³/mol. The van der Waals surface area contributed by atoms with Crippen LogP contribution in [0.15, 0.2) is 52.9 Å². The molecule has 23 heavy (non-hydrogen) atoms. The van der Waals surface area contributed by atoms with Gasteiger partial charge in [-0.1, -0.05) is 23.7 Å². The number of halogens is 2. The van der Waals surface area contributed by atoms with E-state index in [1.165, 1.54) is 24.3 Å². The van der Waals surface area contributed by atoms with Gasteiger partial charge in [-0.2, -0.15) is 0 Å². The van der Waals surface area contributed by atoms with Gasteiger partial charge < -0.3 is 9.15 Å². The van der Waals surface area contributed by atoms with Crippen molar-refractivity contribution < 1.29 is 23.1 Å². The van der Waals surface area contributed by atoms with Crippen LogP contribution < -0.4 is 0 Å². The zero-order chi connectivity index (χ0) is 16.4. The molecule has 1 heterocycles. The Morgan fingerprint density at radius 3 is 2.70 bits per heavy atom. The van der Waals surface area contributed by atoms with Crippen molar-refractivity contribution in [2.45, 2.75) is 0 Å². The largest absolute Gasteiger partial charge is 0.451 e. The van der Waals surface area contributed by atoms with Gasteiger partial charge in [0.15, 0.2) is 6.61 Å². The summed E-state index contributed by atoms with van der Waals surface area (Å²) in [6.07, 6.45) is 0. The van der Waals surface area contributed by atoms with Gasteiger partial charge in [0.05, 0.1) is 5.56 Å². The first-order valence-corrected chi connectivity index (χ1v) is 7.06. The number of Topliss-reactive ketones (excluding diaryl/α,β-unsaturated/α-hetero) is 1. The van der Waals surface area contributed by atoms with Gasteiger partial charge in [0.2, 0.25) is 11.5 Å². The molecule has 0 saturated heterocycles. The van der Waals surface area contributed by atoms with E-state index >= 15 is 0 Å². The standard InChI is InChI=1S/C17H10ClFO4/c18-11-5-6-15-10(7-11)8-16(23-15)17(21)22-9-14(20)12-3-1-2-4-13(12)19/h1-8H,9H2. The number of ether oxygens (including phenoxy) is 1. The van der Waals surface area contributed by atoms with Crippen LogP contribution in [-0.4, -0.2) is 18.4 Å². The molecular formula is C17H10ClFO4. The number of carbonyl (C=O) groups excluding carboxylic acids is 2. The van der Waals surface area contributed by atoms with Gasteiger partial charge >= 0.3 is 5.97 Å². The van der Waals surface area contributed by atoms with Gasteiger partial charge in [0, 0.05) is 10.4 Å². The Bertz CT molecular complexity index is 900. The third-order valence-corrected chi connectivity index (χ3v) is 3.42. The number of rotatable bonds is 4. The molecule has 0 aliphatic heterocycles. The van der Waals surface area contributed by atoms with Gasteiger partial charge in [-0.3, -0.25) is 4.79 Å². The van der Waals surface area contributed by atoms with Crippen LogP contribution >= 0.6 is 11.6 Å². The summed E-state index contributed by atoms with van der Waals surface area (Å²) in [5.41, 5.74) is 0.346. The second-order valence-corrected chi connectivity index (χ2v) is 5.21. The first-order valence-electron chi connectivity index (χ1n) is 6.68. The summed E-state index contributed by atoms with van der Waals surface area (Å²) in [6.45, 7) is -0.572. The highest BCUT2D eigenvalue weighted by Gasteiger charge is 2.17. The minimum atomic E-state index is -0.804. The first kappa shape index (κ1) is 15.2. The highest BCUT2D eigenvalue weighted by molar-refractivity contribution is 6.31. The summed E-state index contributed by atoms with van der Waals surface area (Å²) < 4.78 is 23.7. The van der Waals surface area contributed by atoms with Gasteiger partial charge in [-0.05, 0) is 36.4 Å². The summed E-state index contributed by atoms with van der Waals surface area (Å²) >= 11 is 5.85. The zero-order valence-electron chi connectivity index (χ0n) is 11.7. The maximum atomic E-state index is 13.5. The molecule has 0 N–H and O–H groups in total. The van der Waals surface area contributed by atoms with E-state index in [1.54, 1.807) is 18.2 Å². The lowest BCUT2D eigenvalue weighted by atomic mass is 10.1. The van der Waals surface area contributed by atoms with Crippen LogP contribution in [0.1, 0.15) is 20.9 Å². The van der Waals surface area contributed by atoms with E-state index in [9.17, 15) is 14.0 Å². The number of benzene rings is 2. The summed E-state index contributed by atoms with van der Waals surface area (Å²) in [5.74, 6) is -2.15. The molecule has 6 heteroatoms. The van der Waals surface area contributed by atoms with E-state index in [0.717, 1.165) is 6.07 Å². The molecule has 0 bridgehead atoms. The smallest absolute Gasteiger partial charge is 0.374 e. The Labute approximate surface area is 135 Å². The maximum Gasteiger partial charge on any atom is 0.374 e. The van der Waals surface area contributed by atoms with Crippen molar-refractivity contribution in [2.24, 2.45) is 0 Å². The van der Waals surface area contributed by atoms with Crippen LogP contribution in [-0.2, 0) is 4.74 Å². The second kappa shape index (κ2) is 6.22. The van der Waals surface area contributed by atoms with Crippen molar-refractivity contribution in [3.05, 3.63) is 70.7 Å². The molecule has 2 aromatic carbocycles. The van der Waals surface area contributed by atoms with Crippen molar-refractivity contribution in [1.29, 1.82) is 0 Å². The van der Waals surface area contributed by atoms with Crippen LogP contribution in [0.25, 0.3) is 11.0 Å². The van der Waals surface area contributed by atoms with Crippen molar-refractivity contribution in [1.82, 2.24) is 0 Å². The molecule has 116 valence electrons. The molecule has 0 spiro atoms. The summed E-state index contributed by atoms with van der Waals surface area (Å²) in [7, 11) is 0. The van der Waals surface area contributed by atoms with Crippen molar-refractivity contribution in [2.75, 3.05) is 6.61 Å². The molecule has 0 saturated carbocycles. The van der Waals surface area contributed by atoms with E-state index in [4.69, 9.17) is 20.8 Å². The molecule has 0 unspecified atom stereocenters. The lowest BCUT2D eigenvalue weighted by Crippen LogP contribution is -2.15. The van der Waals surface area contributed by atoms with E-state index in [-0.39, 0.29) is 11.3 Å². The van der Waals surface area contributed by atoms with Gasteiger partial charge in [-0.15, -0.1) is 0 Å². The fraction of sp³-hybridized carbons (Fsp3) is 0.0588. The molecule has 0 fully saturated rings. The molecule has 0 amide bonds. The van der Waals surface area contributed by atoms with E-state index < -0.39 is 24.2 Å². The molecule has 0 radical (unpaired) electrons. The first-order chi connectivity index (χ1) is 11.0. The topological polar surface area (TPSA) is 56.5 Å². The molecule has 3 aromatic rings. The highest BCUT2D eigenvalue weighted by atomic mass is 35.5. The van der Waals surface area contributed by atoms with Crippen molar-refractivity contribution >= 4 is 34.3 Å². The Morgan fingerprint density at radius 1 is 1.13 bits per heavy atom. The monoisotopic (exact) mass is 332 g/mol. The van der Waals surface area contributed by atoms with Crippen molar-refractivity contribution in [3.63, 3.8) is 0 Å². The van der Waals surface area contributed by atoms with Crippen LogP contribution in [0, 0.1) is 5.82 Å². The predicted octanol–water partition coefficient (Wildman–Crippen LogP) is 4.27. The normalized spacial score (nSPS) is 10.7. The lowest BCUT2D eigenvalue weighted by Gasteiger charge is -2.03. The number of esters is 1. The summed E-state index contributed by atoms with van der Waals surface area (Å²) in [4.78, 5) is 23.8. The Morgan fingerprint density at radius 2 is 1.91 bits per heavy atom. The van der Waals surface area contributed by atoms with Crippen LogP contribution in [0.5, 0.6) is 0 Å². The Kier molecular flexibility index (Phi) is 4.12. The van der Waals surface area contributed by atoms with Gasteiger partial charge in [-0.25, -0.2) is 9.18 Å². The SMILES string of the molecule is O=C(OCC(=O)c1ccccc1F)c1cc2cc(Cl)ccc2o1. The van der Waals surface area contributed by atoms with Gasteiger partial charge in [0.25, 0.3) is 0 Å². The summed E-state index contributed by atoms with van der Waals surface area (Å²) in [5, 5.41) is 1.15. The minimum absolute atomic E-state index is 0.0522. The molecule has 0 aliphatic carbocycles. The number of ketones is 1. The third kappa shape index (κ3) is 3.24. The van der Waals surface area contributed by atoms with Crippen LogP contribution in [0.3, 0.4) is 0 Å². The Hall–Kier alpha value is -2.66. The maximum absolute atomic E-state index is 13.5. The van der Waals surface area contributed by atoms with Gasteiger partial charge in [0.1, 0.15) is 11.4 Å². The van der Waals surface area contributed by atoms with Crippen molar-refractivity contribution in [3.8, 4) is 0 Å². The van der Waals surface area contributed by atoms with E-state index in [0.29, 0.717) is 16.0 Å². The molecule has 0 aliphatic rings. The van der Waals surface area contributed by atoms with E-state index in [2.05, 4.69) is 0 Å². The highest BCUT2D eigenvalue weighted by Crippen LogP contribution is 2.23. The molecule has 3 rings (SSSR count). The summed E-state index contributed by atoms with van der Waals surface area (Å²) in [6, 6.07) is 11.9. The number of hydrogen-bond acceptors (Lipinski definition) is 4. The minimum Gasteiger partial charge on any atom is -0.451 e. The molecule has 1 aromatic heterocycles. The van der Waals surface area contributed by atoms with E-state index in [1.807, 2.05) is 0 Å². The molecule has 0 atom stereocenters. The average Bonchev–Trinajstić information content (AvgIpc) is 2.95. The second-order valence-electron chi connectivity index (χ2n) is 4.77.